The van der Waals surface area contributed by atoms with Gasteiger partial charge >= 0.3 is 0 Å². The molecular formula is C36H27O6P. The van der Waals surface area contributed by atoms with Crippen molar-refractivity contribution in [3.8, 4) is 34.5 Å². The second-order valence-corrected chi connectivity index (χ2v) is 12.8. The molecule has 43 heavy (non-hydrogen) atoms. The van der Waals surface area contributed by atoms with Gasteiger partial charge in [0, 0.05) is 23.8 Å². The lowest BCUT2D eigenvalue weighted by Crippen LogP contribution is -2.31. The summed E-state index contributed by atoms with van der Waals surface area (Å²) in [5, 5.41) is 9.80. The van der Waals surface area contributed by atoms with Gasteiger partial charge in [0.2, 0.25) is 0 Å². The van der Waals surface area contributed by atoms with Gasteiger partial charge in [-0.25, -0.2) is 0 Å². The van der Waals surface area contributed by atoms with Gasteiger partial charge in [-0.2, -0.15) is 0 Å². The van der Waals surface area contributed by atoms with Crippen LogP contribution in [0.3, 0.4) is 0 Å². The van der Waals surface area contributed by atoms with Crippen molar-refractivity contribution in [1.82, 2.24) is 0 Å². The van der Waals surface area contributed by atoms with Gasteiger partial charge in [-0.05, 0) is 50.5 Å². The Balaban J connectivity index is 1.51. The molecule has 3 aliphatic heterocycles. The van der Waals surface area contributed by atoms with Gasteiger partial charge in [0.1, 0.15) is 39.6 Å². The van der Waals surface area contributed by atoms with Crippen LogP contribution >= 0.6 is 7.92 Å². The van der Waals surface area contributed by atoms with Crippen LogP contribution in [-0.2, 0) is 0 Å². The van der Waals surface area contributed by atoms with Crippen LogP contribution in [0.15, 0.2) is 91.0 Å². The largest absolute Gasteiger partial charge is 0.486 e. The predicted octanol–water partition coefficient (Wildman–Crippen LogP) is 6.22. The van der Waals surface area contributed by atoms with E-state index in [2.05, 4.69) is 91.0 Å². The van der Waals surface area contributed by atoms with Gasteiger partial charge in [-0.15, -0.1) is 0 Å². The van der Waals surface area contributed by atoms with Crippen LogP contribution in [0.4, 0.5) is 0 Å². The Kier molecular flexibility index (Phi) is 5.76. The third kappa shape index (κ3) is 3.90. The molecule has 7 heteroatoms. The molecule has 0 bridgehead atoms. The van der Waals surface area contributed by atoms with Crippen molar-refractivity contribution in [2.75, 3.05) is 39.6 Å². The second-order valence-electron chi connectivity index (χ2n) is 10.7. The number of ether oxygens (including phenoxy) is 6. The highest BCUT2D eigenvalue weighted by Gasteiger charge is 2.37. The smallest absolute Gasteiger partial charge is 0.170 e. The molecule has 212 valence electrons. The molecule has 0 saturated heterocycles. The Bertz CT molecular complexity index is 1840. The zero-order valence-corrected chi connectivity index (χ0v) is 24.2. The van der Waals surface area contributed by atoms with Gasteiger partial charge in [-0.1, -0.05) is 72.8 Å². The summed E-state index contributed by atoms with van der Waals surface area (Å²) in [5.41, 5.74) is 0. The normalized spacial score (nSPS) is 15.3. The number of hydrogen-bond donors (Lipinski definition) is 0. The lowest BCUT2D eigenvalue weighted by atomic mass is 10.1. The maximum Gasteiger partial charge on any atom is 0.170 e. The molecule has 3 aliphatic rings. The highest BCUT2D eigenvalue weighted by atomic mass is 31.1. The summed E-state index contributed by atoms with van der Waals surface area (Å²) < 4.78 is 38.4. The molecule has 6 aromatic rings. The quantitative estimate of drug-likeness (QED) is 0.230. The van der Waals surface area contributed by atoms with Gasteiger partial charge in [0.15, 0.2) is 34.5 Å². The summed E-state index contributed by atoms with van der Waals surface area (Å²) in [4.78, 5) is 0. The molecule has 0 radical (unpaired) electrons. The molecule has 0 amide bonds. The van der Waals surface area contributed by atoms with Crippen LogP contribution in [0, 0.1) is 0 Å². The van der Waals surface area contributed by atoms with Crippen LogP contribution < -0.4 is 44.3 Å². The van der Waals surface area contributed by atoms with E-state index in [1.165, 1.54) is 0 Å². The number of hydrogen-bond acceptors (Lipinski definition) is 6. The van der Waals surface area contributed by atoms with E-state index in [1.807, 2.05) is 0 Å². The van der Waals surface area contributed by atoms with E-state index in [0.717, 1.165) is 82.7 Å². The molecule has 9 rings (SSSR count). The van der Waals surface area contributed by atoms with Gasteiger partial charge in [0.05, 0.1) is 0 Å². The van der Waals surface area contributed by atoms with Crippen LogP contribution in [0.1, 0.15) is 0 Å². The molecule has 3 heterocycles. The number of rotatable bonds is 3. The number of benzene rings is 6. The Labute approximate surface area is 249 Å². The first-order valence-corrected chi connectivity index (χ1v) is 15.9. The van der Waals surface area contributed by atoms with Crippen molar-refractivity contribution in [2.45, 2.75) is 0 Å². The third-order valence-corrected chi connectivity index (χ3v) is 10.9. The van der Waals surface area contributed by atoms with Crippen LogP contribution in [0.2, 0.25) is 0 Å². The van der Waals surface area contributed by atoms with Crippen molar-refractivity contribution in [3.05, 3.63) is 91.0 Å². The zero-order chi connectivity index (χ0) is 28.3. The molecule has 0 unspecified atom stereocenters. The summed E-state index contributed by atoms with van der Waals surface area (Å²) in [7, 11) is -1.40. The van der Waals surface area contributed by atoms with Crippen molar-refractivity contribution in [1.29, 1.82) is 0 Å². The van der Waals surface area contributed by atoms with Crippen molar-refractivity contribution in [3.63, 3.8) is 0 Å². The maximum absolute atomic E-state index is 6.55. The minimum atomic E-state index is -1.40. The van der Waals surface area contributed by atoms with E-state index < -0.39 is 7.92 Å². The Morgan fingerprint density at radius 1 is 0.372 bits per heavy atom. The first kappa shape index (κ1) is 24.9. The average Bonchev–Trinajstić information content (AvgIpc) is 3.07. The topological polar surface area (TPSA) is 55.4 Å². The van der Waals surface area contributed by atoms with Gasteiger partial charge in [-0.3, -0.25) is 0 Å². The predicted molar refractivity (Wildman–Crippen MR) is 171 cm³/mol. The summed E-state index contributed by atoms with van der Waals surface area (Å²) in [5.74, 6) is 4.58. The highest BCUT2D eigenvalue weighted by molar-refractivity contribution is 7.81. The van der Waals surface area contributed by atoms with E-state index in [0.29, 0.717) is 39.6 Å². The maximum atomic E-state index is 6.55. The van der Waals surface area contributed by atoms with Crippen LogP contribution in [0.5, 0.6) is 34.5 Å². The SMILES string of the molecule is c1ccc2c(P(c3c4c(cc5ccccc35)OCCO4)c3c4c(cc5ccccc35)OCCO4)c3c(cc2c1)OCCO3. The molecule has 0 saturated carbocycles. The molecule has 0 spiro atoms. The molecule has 6 nitrogen and oxygen atoms in total. The standard InChI is InChI=1S/C36H27O6P/c1-4-10-25-22(7-1)19-28-31(40-16-13-37-28)34(25)43(35-26-11-5-2-8-23(26)20-29-32(35)41-17-14-38-29)36-27-12-6-3-9-24(27)21-30-33(36)42-18-15-39-30/h1-12,19-21H,13-18H2. The third-order valence-electron chi connectivity index (χ3n) is 8.26. The lowest BCUT2D eigenvalue weighted by molar-refractivity contribution is 0.173. The van der Waals surface area contributed by atoms with Crippen LogP contribution in [0.25, 0.3) is 32.3 Å². The van der Waals surface area contributed by atoms with Crippen molar-refractivity contribution < 1.29 is 28.4 Å². The fourth-order valence-corrected chi connectivity index (χ4v) is 9.62. The first-order chi connectivity index (χ1) is 21.3. The monoisotopic (exact) mass is 586 g/mol. The zero-order valence-electron chi connectivity index (χ0n) is 23.3. The fraction of sp³-hybridized carbons (Fsp3) is 0.167. The van der Waals surface area contributed by atoms with E-state index in [4.69, 9.17) is 28.4 Å². The summed E-state index contributed by atoms with van der Waals surface area (Å²) in [6.45, 7) is 2.93. The molecule has 0 aliphatic carbocycles. The number of fused-ring (bicyclic) bond motifs is 6. The molecular weight excluding hydrogens is 559 g/mol. The van der Waals surface area contributed by atoms with Gasteiger partial charge < -0.3 is 28.4 Å². The van der Waals surface area contributed by atoms with E-state index in [1.54, 1.807) is 0 Å². The fourth-order valence-electron chi connectivity index (χ4n) is 6.48. The Morgan fingerprint density at radius 2 is 0.674 bits per heavy atom. The summed E-state index contributed by atoms with van der Waals surface area (Å²) in [6, 6.07) is 31.7. The molecule has 0 fully saturated rings. The van der Waals surface area contributed by atoms with E-state index in [9.17, 15) is 0 Å². The second kappa shape index (κ2) is 9.96. The van der Waals surface area contributed by atoms with Gasteiger partial charge in [0.25, 0.3) is 0 Å². The molecule has 0 aromatic heterocycles. The average molecular weight is 587 g/mol. The lowest BCUT2D eigenvalue weighted by Gasteiger charge is -2.33. The van der Waals surface area contributed by atoms with E-state index in [-0.39, 0.29) is 0 Å². The summed E-state index contributed by atoms with van der Waals surface area (Å²) >= 11 is 0. The Morgan fingerprint density at radius 3 is 1.02 bits per heavy atom. The van der Waals surface area contributed by atoms with Crippen molar-refractivity contribution in [2.24, 2.45) is 0 Å². The summed E-state index contributed by atoms with van der Waals surface area (Å²) in [6.07, 6.45) is 0. The highest BCUT2D eigenvalue weighted by Crippen LogP contribution is 2.54. The van der Waals surface area contributed by atoms with Crippen molar-refractivity contribution >= 4 is 56.2 Å². The Hall–Kier alpha value is -4.67. The minimum Gasteiger partial charge on any atom is -0.486 e. The first-order valence-electron chi connectivity index (χ1n) is 14.6. The van der Waals surface area contributed by atoms with Crippen LogP contribution in [-0.4, -0.2) is 39.6 Å². The molecule has 0 N–H and O–H groups in total. The minimum absolute atomic E-state index is 0.474. The van der Waals surface area contributed by atoms with E-state index >= 15 is 0 Å². The molecule has 0 atom stereocenters. The molecule has 6 aromatic carbocycles.